The zero-order chi connectivity index (χ0) is 20.4. The number of ether oxygens (including phenoxy) is 1. The van der Waals surface area contributed by atoms with Crippen molar-refractivity contribution in [3.8, 4) is 0 Å². The monoisotopic (exact) mass is 426 g/mol. The largest absolute Gasteiger partial charge is 0.460 e. The van der Waals surface area contributed by atoms with E-state index in [2.05, 4.69) is 4.98 Å². The molecule has 0 bridgehead atoms. The van der Waals surface area contributed by atoms with Crippen molar-refractivity contribution in [2.45, 2.75) is 32.9 Å². The number of thiophene rings is 1. The smallest absolute Gasteiger partial charge is 0.306 e. The fraction of sp³-hybridized carbons (Fsp3) is 0.227. The van der Waals surface area contributed by atoms with E-state index in [0.29, 0.717) is 28.9 Å². The van der Waals surface area contributed by atoms with Gasteiger partial charge in [0.2, 0.25) is 0 Å². The SMILES string of the molecule is Cc1cccc2c(=O)n(CCCC(=O)OCc3sc4ccccc4c3Cl)cnc12. The number of esters is 1. The van der Waals surface area contributed by atoms with Gasteiger partial charge in [0.15, 0.2) is 0 Å². The quantitative estimate of drug-likeness (QED) is 0.402. The van der Waals surface area contributed by atoms with E-state index < -0.39 is 0 Å². The Balaban J connectivity index is 1.34. The van der Waals surface area contributed by atoms with Crippen LogP contribution in [0.5, 0.6) is 0 Å². The van der Waals surface area contributed by atoms with Crippen molar-refractivity contribution in [3.05, 3.63) is 74.6 Å². The fourth-order valence-corrected chi connectivity index (χ4v) is 4.67. The first-order valence-corrected chi connectivity index (χ1v) is 10.5. The van der Waals surface area contributed by atoms with Crippen molar-refractivity contribution < 1.29 is 9.53 Å². The Labute approximate surface area is 176 Å². The maximum Gasteiger partial charge on any atom is 0.306 e. The maximum atomic E-state index is 12.6. The summed E-state index contributed by atoms with van der Waals surface area (Å²) in [6, 6.07) is 13.4. The van der Waals surface area contributed by atoms with Gasteiger partial charge in [-0.25, -0.2) is 4.98 Å². The average molecular weight is 427 g/mol. The third kappa shape index (κ3) is 4.04. The van der Waals surface area contributed by atoms with Crippen LogP contribution in [0.3, 0.4) is 0 Å². The topological polar surface area (TPSA) is 61.2 Å². The molecule has 0 spiro atoms. The molecule has 0 radical (unpaired) electrons. The Morgan fingerprint density at radius 3 is 2.79 bits per heavy atom. The molecule has 4 rings (SSSR count). The Hall–Kier alpha value is -2.70. The first kappa shape index (κ1) is 19.6. The van der Waals surface area contributed by atoms with E-state index >= 15 is 0 Å². The van der Waals surface area contributed by atoms with Gasteiger partial charge in [0.1, 0.15) is 6.61 Å². The standard InChI is InChI=1S/C22H19ClN2O3S/c1-14-6-4-8-16-21(14)24-13-25(22(16)27)11-5-10-19(26)28-12-18-20(23)15-7-2-3-9-17(15)29-18/h2-4,6-9,13H,5,10-12H2,1H3. The summed E-state index contributed by atoms with van der Waals surface area (Å²) in [7, 11) is 0. The van der Waals surface area contributed by atoms with Gasteiger partial charge >= 0.3 is 5.97 Å². The van der Waals surface area contributed by atoms with Crippen molar-refractivity contribution >= 4 is 49.9 Å². The van der Waals surface area contributed by atoms with Crippen LogP contribution in [0.15, 0.2) is 53.6 Å². The van der Waals surface area contributed by atoms with E-state index in [1.165, 1.54) is 15.9 Å². The molecule has 2 aromatic heterocycles. The third-order valence-corrected chi connectivity index (χ3v) is 6.49. The molecule has 0 N–H and O–H groups in total. The van der Waals surface area contributed by atoms with E-state index in [-0.39, 0.29) is 24.6 Å². The van der Waals surface area contributed by atoms with E-state index in [0.717, 1.165) is 20.5 Å². The van der Waals surface area contributed by atoms with Crippen LogP contribution in [0, 0.1) is 6.92 Å². The molecule has 0 saturated carbocycles. The van der Waals surface area contributed by atoms with Crippen LogP contribution in [-0.2, 0) is 22.7 Å². The van der Waals surface area contributed by atoms with Crippen molar-refractivity contribution in [3.63, 3.8) is 0 Å². The Morgan fingerprint density at radius 2 is 1.97 bits per heavy atom. The second kappa shape index (κ2) is 8.35. The molecule has 0 amide bonds. The summed E-state index contributed by atoms with van der Waals surface area (Å²) >= 11 is 7.90. The van der Waals surface area contributed by atoms with Crippen molar-refractivity contribution in [2.24, 2.45) is 0 Å². The first-order chi connectivity index (χ1) is 14.0. The highest BCUT2D eigenvalue weighted by atomic mass is 35.5. The number of benzene rings is 2. The Morgan fingerprint density at radius 1 is 1.17 bits per heavy atom. The summed E-state index contributed by atoms with van der Waals surface area (Å²) in [4.78, 5) is 29.9. The molecule has 2 heterocycles. The van der Waals surface area contributed by atoms with Gasteiger partial charge in [0.05, 0.1) is 27.1 Å². The molecule has 5 nitrogen and oxygen atoms in total. The van der Waals surface area contributed by atoms with Gasteiger partial charge in [-0.3, -0.25) is 14.2 Å². The zero-order valence-corrected chi connectivity index (χ0v) is 17.4. The summed E-state index contributed by atoms with van der Waals surface area (Å²) in [5, 5.41) is 2.21. The van der Waals surface area contributed by atoms with Gasteiger partial charge in [-0.05, 0) is 31.0 Å². The Bertz CT molecular complexity index is 1260. The number of hydrogen-bond acceptors (Lipinski definition) is 5. The summed E-state index contributed by atoms with van der Waals surface area (Å²) < 4.78 is 7.99. The lowest BCUT2D eigenvalue weighted by Crippen LogP contribution is -2.21. The minimum atomic E-state index is -0.309. The second-order valence-electron chi connectivity index (χ2n) is 6.81. The number of aromatic nitrogens is 2. The molecular weight excluding hydrogens is 408 g/mol. The normalized spacial score (nSPS) is 11.2. The number of rotatable bonds is 6. The van der Waals surface area contributed by atoms with Gasteiger partial charge in [-0.15, -0.1) is 11.3 Å². The summed E-state index contributed by atoms with van der Waals surface area (Å²) in [5.74, 6) is -0.309. The molecule has 0 fully saturated rings. The van der Waals surface area contributed by atoms with Gasteiger partial charge < -0.3 is 4.74 Å². The van der Waals surface area contributed by atoms with E-state index in [1.807, 2.05) is 43.3 Å². The lowest BCUT2D eigenvalue weighted by Gasteiger charge is -2.08. The lowest BCUT2D eigenvalue weighted by atomic mass is 10.1. The number of fused-ring (bicyclic) bond motifs is 2. The van der Waals surface area contributed by atoms with Crippen molar-refractivity contribution in [1.29, 1.82) is 0 Å². The van der Waals surface area contributed by atoms with Crippen LogP contribution in [0.4, 0.5) is 0 Å². The van der Waals surface area contributed by atoms with E-state index in [4.69, 9.17) is 16.3 Å². The van der Waals surface area contributed by atoms with Crippen LogP contribution in [0.25, 0.3) is 21.0 Å². The predicted octanol–water partition coefficient (Wildman–Crippen LogP) is 5.10. The molecule has 0 unspecified atom stereocenters. The van der Waals surface area contributed by atoms with Gasteiger partial charge in [-0.1, -0.05) is 41.9 Å². The molecule has 0 saturated heterocycles. The second-order valence-corrected chi connectivity index (χ2v) is 8.33. The molecule has 0 aliphatic heterocycles. The Kier molecular flexibility index (Phi) is 5.65. The van der Waals surface area contributed by atoms with Crippen LogP contribution in [0.2, 0.25) is 5.02 Å². The number of carbonyl (C=O) groups excluding carboxylic acids is 1. The number of carbonyl (C=O) groups is 1. The van der Waals surface area contributed by atoms with Crippen LogP contribution in [-0.4, -0.2) is 15.5 Å². The summed E-state index contributed by atoms with van der Waals surface area (Å²) in [5.41, 5.74) is 1.59. The summed E-state index contributed by atoms with van der Waals surface area (Å²) in [6.07, 6.45) is 2.26. The lowest BCUT2D eigenvalue weighted by molar-refractivity contribution is -0.145. The van der Waals surface area contributed by atoms with Gasteiger partial charge in [0, 0.05) is 23.1 Å². The highest BCUT2D eigenvalue weighted by Crippen LogP contribution is 2.35. The van der Waals surface area contributed by atoms with Crippen LogP contribution in [0.1, 0.15) is 23.3 Å². The number of aryl methyl sites for hydroxylation is 2. The molecule has 0 atom stereocenters. The van der Waals surface area contributed by atoms with Crippen molar-refractivity contribution in [2.75, 3.05) is 0 Å². The predicted molar refractivity (Wildman–Crippen MR) is 117 cm³/mol. The fourth-order valence-electron chi connectivity index (χ4n) is 3.27. The summed E-state index contributed by atoms with van der Waals surface area (Å²) in [6.45, 7) is 2.50. The molecule has 7 heteroatoms. The third-order valence-electron chi connectivity index (χ3n) is 4.80. The maximum absolute atomic E-state index is 12.6. The van der Waals surface area contributed by atoms with Gasteiger partial charge in [0.25, 0.3) is 5.56 Å². The number of para-hydroxylation sites is 1. The minimum absolute atomic E-state index is 0.0934. The van der Waals surface area contributed by atoms with E-state index in [1.54, 1.807) is 12.4 Å². The van der Waals surface area contributed by atoms with Crippen LogP contribution < -0.4 is 5.56 Å². The number of nitrogens with zero attached hydrogens (tertiary/aromatic N) is 2. The van der Waals surface area contributed by atoms with Gasteiger partial charge in [-0.2, -0.15) is 0 Å². The zero-order valence-electron chi connectivity index (χ0n) is 15.9. The molecule has 0 aliphatic carbocycles. The molecule has 29 heavy (non-hydrogen) atoms. The number of halogens is 1. The molecular formula is C22H19ClN2O3S. The van der Waals surface area contributed by atoms with Crippen LogP contribution >= 0.6 is 22.9 Å². The number of hydrogen-bond donors (Lipinski definition) is 0. The minimum Gasteiger partial charge on any atom is -0.460 e. The van der Waals surface area contributed by atoms with E-state index in [9.17, 15) is 9.59 Å². The molecule has 2 aromatic carbocycles. The highest BCUT2D eigenvalue weighted by Gasteiger charge is 2.12. The molecule has 148 valence electrons. The van der Waals surface area contributed by atoms with Crippen molar-refractivity contribution in [1.82, 2.24) is 9.55 Å². The molecule has 0 aliphatic rings. The first-order valence-electron chi connectivity index (χ1n) is 9.31. The highest BCUT2D eigenvalue weighted by molar-refractivity contribution is 7.19. The molecule has 4 aromatic rings. The average Bonchev–Trinajstić information content (AvgIpc) is 3.05.